The highest BCUT2D eigenvalue weighted by molar-refractivity contribution is 6.04. The van der Waals surface area contributed by atoms with E-state index in [1.54, 1.807) is 0 Å². The average molecular weight is 418 g/mol. The van der Waals surface area contributed by atoms with E-state index < -0.39 is 29.8 Å². The maximum atomic E-state index is 12.8. The zero-order valence-corrected chi connectivity index (χ0v) is 17.3. The third-order valence-corrected chi connectivity index (χ3v) is 5.98. The Morgan fingerprint density at radius 3 is 1.48 bits per heavy atom. The topological polar surface area (TPSA) is 98.7 Å². The van der Waals surface area contributed by atoms with Crippen LogP contribution in [0.2, 0.25) is 0 Å². The van der Waals surface area contributed by atoms with Gasteiger partial charge in [0.1, 0.15) is 11.5 Å². The summed E-state index contributed by atoms with van der Waals surface area (Å²) < 4.78 is 0. The molecule has 2 aromatic carbocycles. The van der Waals surface area contributed by atoms with E-state index >= 15 is 0 Å². The summed E-state index contributed by atoms with van der Waals surface area (Å²) in [4.78, 5) is 25.5. The van der Waals surface area contributed by atoms with Crippen molar-refractivity contribution in [1.29, 1.82) is 0 Å². The number of aliphatic hydroxyl groups excluding tert-OH is 2. The molecule has 2 aromatic rings. The quantitative estimate of drug-likeness (QED) is 0.555. The van der Waals surface area contributed by atoms with Crippen LogP contribution < -0.4 is 10.6 Å². The first-order valence-corrected chi connectivity index (χ1v) is 10.5. The van der Waals surface area contributed by atoms with Gasteiger partial charge in [-0.1, -0.05) is 67.6 Å². The van der Waals surface area contributed by atoms with Gasteiger partial charge in [-0.05, 0) is 30.4 Å². The van der Waals surface area contributed by atoms with Gasteiger partial charge in [0.05, 0.1) is 23.2 Å². The number of rotatable bonds is 7. The minimum absolute atomic E-state index is 0.0553. The Balaban J connectivity index is 1.62. The fourth-order valence-electron chi connectivity index (χ4n) is 4.44. The molecule has 4 N–H and O–H groups in total. The van der Waals surface area contributed by atoms with Crippen LogP contribution in [0.4, 0.5) is 0 Å². The van der Waals surface area contributed by atoms with E-state index in [-0.39, 0.29) is 22.7 Å². The van der Waals surface area contributed by atoms with E-state index in [0.29, 0.717) is 19.3 Å². The molecule has 2 amide bonds. The molecule has 0 saturated carbocycles. The molecule has 2 heterocycles. The summed E-state index contributed by atoms with van der Waals surface area (Å²) in [5.74, 6) is -1.59. The number of amides is 2. The van der Waals surface area contributed by atoms with Crippen LogP contribution >= 0.6 is 0 Å². The first-order chi connectivity index (χ1) is 15.0. The molecule has 2 atom stereocenters. The minimum atomic E-state index is -0.679. The van der Waals surface area contributed by atoms with Crippen LogP contribution in [0, 0.1) is 5.92 Å². The smallest absolute Gasteiger partial charge is 0.251 e. The molecule has 0 saturated heterocycles. The van der Waals surface area contributed by atoms with Gasteiger partial charge < -0.3 is 20.8 Å². The summed E-state index contributed by atoms with van der Waals surface area (Å²) in [6.45, 7) is 1.83. The Bertz CT molecular complexity index is 960. The Labute approximate surface area is 181 Å². The van der Waals surface area contributed by atoms with Crippen LogP contribution in [0.5, 0.6) is 0 Å². The van der Waals surface area contributed by atoms with Crippen LogP contribution in [0.3, 0.4) is 0 Å². The first kappa shape index (κ1) is 20.7. The van der Waals surface area contributed by atoms with E-state index in [9.17, 15) is 19.8 Å². The molecule has 0 aliphatic carbocycles. The van der Waals surface area contributed by atoms with Gasteiger partial charge in [-0.25, -0.2) is 0 Å². The molecule has 0 radical (unpaired) electrons. The Kier molecular flexibility index (Phi) is 5.80. The van der Waals surface area contributed by atoms with E-state index in [1.807, 2.05) is 67.6 Å². The molecule has 0 unspecified atom stereocenters. The van der Waals surface area contributed by atoms with Crippen molar-refractivity contribution in [1.82, 2.24) is 10.6 Å². The van der Waals surface area contributed by atoms with Crippen LogP contribution in [0.25, 0.3) is 0 Å². The molecule has 0 bridgehead atoms. The number of carbonyl (C=O) groups is 2. The van der Waals surface area contributed by atoms with Gasteiger partial charge in [0.25, 0.3) is 11.8 Å². The van der Waals surface area contributed by atoms with Gasteiger partial charge in [0.2, 0.25) is 0 Å². The van der Waals surface area contributed by atoms with Crippen molar-refractivity contribution in [2.45, 2.75) is 38.3 Å². The highest BCUT2D eigenvalue weighted by Gasteiger charge is 2.43. The van der Waals surface area contributed by atoms with E-state index in [2.05, 4.69) is 10.6 Å². The van der Waals surface area contributed by atoms with Gasteiger partial charge in [-0.15, -0.1) is 0 Å². The lowest BCUT2D eigenvalue weighted by atomic mass is 9.86. The number of benzene rings is 2. The van der Waals surface area contributed by atoms with Crippen LogP contribution in [-0.4, -0.2) is 34.1 Å². The third-order valence-electron chi connectivity index (χ3n) is 5.98. The van der Waals surface area contributed by atoms with E-state index in [4.69, 9.17) is 0 Å². The molecule has 0 spiro atoms. The molecule has 2 aliphatic heterocycles. The highest BCUT2D eigenvalue weighted by atomic mass is 16.3. The third kappa shape index (κ3) is 4.06. The predicted octanol–water partition coefficient (Wildman–Crippen LogP) is 3.12. The largest absolute Gasteiger partial charge is 0.510 e. The summed E-state index contributed by atoms with van der Waals surface area (Å²) in [7, 11) is 0. The lowest BCUT2D eigenvalue weighted by Crippen LogP contribution is -2.32. The maximum absolute atomic E-state index is 12.8. The van der Waals surface area contributed by atoms with Crippen LogP contribution in [-0.2, 0) is 22.4 Å². The predicted molar refractivity (Wildman–Crippen MR) is 117 cm³/mol. The minimum Gasteiger partial charge on any atom is -0.510 e. The van der Waals surface area contributed by atoms with Crippen molar-refractivity contribution in [2.24, 2.45) is 5.92 Å². The number of hydrogen-bond donors (Lipinski definition) is 4. The summed E-state index contributed by atoms with van der Waals surface area (Å²) in [6.07, 6.45) is 1.30. The van der Waals surface area contributed by atoms with Gasteiger partial charge >= 0.3 is 0 Å². The van der Waals surface area contributed by atoms with Crippen molar-refractivity contribution in [3.8, 4) is 0 Å². The van der Waals surface area contributed by atoms with Crippen molar-refractivity contribution in [2.75, 3.05) is 0 Å². The molecule has 4 rings (SSSR count). The van der Waals surface area contributed by atoms with Gasteiger partial charge in [-0.2, -0.15) is 0 Å². The van der Waals surface area contributed by atoms with Crippen molar-refractivity contribution >= 4 is 11.8 Å². The lowest BCUT2D eigenvalue weighted by molar-refractivity contribution is -0.117. The van der Waals surface area contributed by atoms with E-state index in [0.717, 1.165) is 11.1 Å². The molecule has 6 nitrogen and oxygen atoms in total. The van der Waals surface area contributed by atoms with Gasteiger partial charge in [0, 0.05) is 5.92 Å². The van der Waals surface area contributed by atoms with Crippen LogP contribution in [0.1, 0.15) is 24.5 Å². The Morgan fingerprint density at radius 1 is 0.742 bits per heavy atom. The van der Waals surface area contributed by atoms with Crippen molar-refractivity contribution in [3.05, 3.63) is 94.5 Å². The first-order valence-electron chi connectivity index (χ1n) is 10.5. The molecular weight excluding hydrogens is 392 g/mol. The molecule has 160 valence electrons. The molecule has 0 fully saturated rings. The monoisotopic (exact) mass is 418 g/mol. The second kappa shape index (κ2) is 8.68. The van der Waals surface area contributed by atoms with Crippen LogP contribution in [0.15, 0.2) is 83.3 Å². The summed E-state index contributed by atoms with van der Waals surface area (Å²) in [5.41, 5.74) is 2.30. The number of nitrogens with one attached hydrogen (secondary N) is 2. The number of hydrogen-bond acceptors (Lipinski definition) is 4. The summed E-state index contributed by atoms with van der Waals surface area (Å²) in [5, 5.41) is 27.4. The Morgan fingerprint density at radius 2 is 1.13 bits per heavy atom. The fraction of sp³-hybridized carbons (Fsp3) is 0.280. The number of aliphatic hydroxyl groups is 2. The molecule has 0 aromatic heterocycles. The number of carbonyl (C=O) groups excluding carboxylic acids is 2. The second-order valence-corrected chi connectivity index (χ2v) is 7.99. The fourth-order valence-corrected chi connectivity index (χ4v) is 4.44. The van der Waals surface area contributed by atoms with Gasteiger partial charge in [-0.3, -0.25) is 9.59 Å². The van der Waals surface area contributed by atoms with Crippen molar-refractivity contribution < 1.29 is 19.8 Å². The van der Waals surface area contributed by atoms with Gasteiger partial charge in [0.15, 0.2) is 0 Å². The molecular formula is C25H26N2O4. The SMILES string of the molecule is CCC(C1=C(O)[C@H](Cc2ccccc2)NC1=O)C1=C(O)[C@H](Cc2ccccc2)NC1=O. The second-order valence-electron chi connectivity index (χ2n) is 7.99. The lowest BCUT2D eigenvalue weighted by Gasteiger charge is -2.16. The molecule has 31 heavy (non-hydrogen) atoms. The highest BCUT2D eigenvalue weighted by Crippen LogP contribution is 2.35. The zero-order valence-electron chi connectivity index (χ0n) is 17.3. The van der Waals surface area contributed by atoms with E-state index in [1.165, 1.54) is 0 Å². The summed E-state index contributed by atoms with van der Waals surface area (Å²) >= 11 is 0. The maximum Gasteiger partial charge on any atom is 0.251 e. The normalized spacial score (nSPS) is 21.1. The van der Waals surface area contributed by atoms with Crippen molar-refractivity contribution in [3.63, 3.8) is 0 Å². The molecule has 6 heteroatoms. The standard InChI is InChI=1S/C25H26N2O4/c1-2-17(20-22(28)18(26-24(20)30)13-15-9-5-3-6-10-15)21-23(29)19(27-25(21)31)14-16-11-7-4-8-12-16/h3-12,17-19,28-29H,2,13-14H2,1H3,(H,26,30)(H,27,31)/t18-,19-/m0/s1. The zero-order chi connectivity index (χ0) is 22.0. The molecule has 2 aliphatic rings. The summed E-state index contributed by atoms with van der Waals surface area (Å²) in [6, 6.07) is 18.1. The Hall–Kier alpha value is -3.54. The average Bonchev–Trinajstić information content (AvgIpc) is 3.20.